The molecule has 110 valence electrons. The van der Waals surface area contributed by atoms with Gasteiger partial charge in [0.05, 0.1) is 6.10 Å². The molecule has 2 rings (SSSR count). The highest BCUT2D eigenvalue weighted by molar-refractivity contribution is 5.78. The molecule has 1 fully saturated rings. The molecule has 1 aromatic carbocycles. The van der Waals surface area contributed by atoms with Crippen molar-refractivity contribution in [1.82, 2.24) is 5.32 Å². The van der Waals surface area contributed by atoms with Crippen LogP contribution in [0.4, 0.5) is 4.39 Å². The lowest BCUT2D eigenvalue weighted by Gasteiger charge is -2.26. The van der Waals surface area contributed by atoms with Crippen LogP contribution in [0.1, 0.15) is 37.4 Å². The Labute approximate surface area is 118 Å². The van der Waals surface area contributed by atoms with Gasteiger partial charge >= 0.3 is 0 Å². The van der Waals surface area contributed by atoms with E-state index in [-0.39, 0.29) is 30.0 Å². The molecule has 0 spiro atoms. The maximum Gasteiger partial charge on any atom is 0.223 e. The van der Waals surface area contributed by atoms with Gasteiger partial charge in [-0.1, -0.05) is 24.6 Å². The van der Waals surface area contributed by atoms with Crippen molar-refractivity contribution in [3.63, 3.8) is 0 Å². The topological polar surface area (TPSA) is 75.4 Å². The Morgan fingerprint density at radius 1 is 1.45 bits per heavy atom. The van der Waals surface area contributed by atoms with E-state index in [4.69, 9.17) is 5.73 Å². The van der Waals surface area contributed by atoms with Gasteiger partial charge in [0.15, 0.2) is 0 Å². The minimum Gasteiger partial charge on any atom is -0.386 e. The molecule has 1 amide bonds. The molecule has 0 bridgehead atoms. The molecule has 1 aliphatic carbocycles. The average Bonchev–Trinajstić information content (AvgIpc) is 2.45. The van der Waals surface area contributed by atoms with E-state index >= 15 is 0 Å². The zero-order valence-electron chi connectivity index (χ0n) is 11.4. The first-order valence-corrected chi connectivity index (χ1v) is 7.03. The Hall–Kier alpha value is -1.46. The molecular weight excluding hydrogens is 259 g/mol. The first kappa shape index (κ1) is 14.9. The summed E-state index contributed by atoms with van der Waals surface area (Å²) in [6, 6.07) is 6.11. The summed E-state index contributed by atoms with van der Waals surface area (Å²) in [6.45, 7) is 0.0193. The number of amides is 1. The Bertz CT molecular complexity index is 467. The maximum absolute atomic E-state index is 13.5. The number of nitrogens with one attached hydrogen (secondary N) is 1. The van der Waals surface area contributed by atoms with Gasteiger partial charge in [0, 0.05) is 24.1 Å². The second-order valence-corrected chi connectivity index (χ2v) is 5.41. The fraction of sp³-hybridized carbons (Fsp3) is 0.533. The summed E-state index contributed by atoms with van der Waals surface area (Å²) in [6.07, 6.45) is 2.39. The molecule has 5 heteroatoms. The molecule has 0 saturated heterocycles. The number of nitrogens with two attached hydrogens (primary N) is 1. The molecule has 1 saturated carbocycles. The van der Waals surface area contributed by atoms with E-state index in [9.17, 15) is 14.3 Å². The average molecular weight is 280 g/mol. The van der Waals surface area contributed by atoms with Crippen molar-refractivity contribution in [1.29, 1.82) is 0 Å². The summed E-state index contributed by atoms with van der Waals surface area (Å²) >= 11 is 0. The van der Waals surface area contributed by atoms with E-state index in [2.05, 4.69) is 5.32 Å². The van der Waals surface area contributed by atoms with Crippen molar-refractivity contribution in [2.45, 2.75) is 37.8 Å². The smallest absolute Gasteiger partial charge is 0.223 e. The number of rotatable bonds is 4. The van der Waals surface area contributed by atoms with Gasteiger partial charge in [-0.05, 0) is 25.3 Å². The van der Waals surface area contributed by atoms with Gasteiger partial charge in [0.2, 0.25) is 5.91 Å². The zero-order chi connectivity index (χ0) is 14.5. The Morgan fingerprint density at radius 2 is 2.20 bits per heavy atom. The van der Waals surface area contributed by atoms with Gasteiger partial charge in [-0.25, -0.2) is 4.39 Å². The third-order valence-electron chi connectivity index (χ3n) is 3.82. The van der Waals surface area contributed by atoms with E-state index in [0.717, 1.165) is 19.3 Å². The molecule has 0 radical (unpaired) electrons. The first-order chi connectivity index (χ1) is 9.58. The summed E-state index contributed by atoms with van der Waals surface area (Å²) in [5.74, 6) is -0.656. The van der Waals surface area contributed by atoms with Crippen molar-refractivity contribution < 1.29 is 14.3 Å². The summed E-state index contributed by atoms with van der Waals surface area (Å²) in [5.41, 5.74) is 6.05. The predicted molar refractivity (Wildman–Crippen MR) is 74.3 cm³/mol. The minimum absolute atomic E-state index is 0.0193. The maximum atomic E-state index is 13.5. The van der Waals surface area contributed by atoms with Crippen LogP contribution in [0, 0.1) is 11.7 Å². The Morgan fingerprint density at radius 3 is 2.90 bits per heavy atom. The van der Waals surface area contributed by atoms with E-state index in [1.54, 1.807) is 12.1 Å². The lowest BCUT2D eigenvalue weighted by Crippen LogP contribution is -2.39. The fourth-order valence-electron chi connectivity index (χ4n) is 2.66. The standard InChI is InChI=1S/C15H21FN2O2/c16-13-7-2-1-6-12(13)14(19)9-18-15(20)10-4-3-5-11(17)8-10/h1-2,6-7,10-11,14,19H,3-5,8-9,17H2,(H,18,20). The van der Waals surface area contributed by atoms with Crippen LogP contribution in [0.3, 0.4) is 0 Å². The highest BCUT2D eigenvalue weighted by Crippen LogP contribution is 2.23. The molecule has 3 unspecified atom stereocenters. The van der Waals surface area contributed by atoms with Crippen LogP contribution >= 0.6 is 0 Å². The quantitative estimate of drug-likeness (QED) is 0.782. The Kier molecular flexibility index (Phi) is 5.09. The summed E-state index contributed by atoms with van der Waals surface area (Å²) in [4.78, 5) is 12.0. The molecule has 3 atom stereocenters. The largest absolute Gasteiger partial charge is 0.386 e. The van der Waals surface area contributed by atoms with E-state index < -0.39 is 11.9 Å². The van der Waals surface area contributed by atoms with E-state index in [1.807, 2.05) is 0 Å². The number of carbonyl (C=O) groups is 1. The van der Waals surface area contributed by atoms with Crippen LogP contribution in [0.25, 0.3) is 0 Å². The van der Waals surface area contributed by atoms with Crippen molar-refractivity contribution in [2.24, 2.45) is 11.7 Å². The van der Waals surface area contributed by atoms with E-state index in [0.29, 0.717) is 6.42 Å². The van der Waals surface area contributed by atoms with Crippen LogP contribution in [0.5, 0.6) is 0 Å². The summed E-state index contributed by atoms with van der Waals surface area (Å²) in [5, 5.41) is 12.6. The van der Waals surface area contributed by atoms with Crippen molar-refractivity contribution in [3.8, 4) is 0 Å². The fourth-order valence-corrected chi connectivity index (χ4v) is 2.66. The number of hydrogen-bond donors (Lipinski definition) is 3. The number of aliphatic hydroxyl groups is 1. The van der Waals surface area contributed by atoms with Gasteiger partial charge < -0.3 is 16.2 Å². The molecule has 0 aromatic heterocycles. The molecule has 20 heavy (non-hydrogen) atoms. The molecule has 0 aliphatic heterocycles. The zero-order valence-corrected chi connectivity index (χ0v) is 11.4. The molecular formula is C15H21FN2O2. The van der Waals surface area contributed by atoms with Gasteiger partial charge in [0.25, 0.3) is 0 Å². The van der Waals surface area contributed by atoms with Gasteiger partial charge in [-0.2, -0.15) is 0 Å². The van der Waals surface area contributed by atoms with Crippen LogP contribution < -0.4 is 11.1 Å². The van der Waals surface area contributed by atoms with Crippen molar-refractivity contribution >= 4 is 5.91 Å². The Balaban J connectivity index is 1.85. The second-order valence-electron chi connectivity index (χ2n) is 5.41. The van der Waals surface area contributed by atoms with Gasteiger partial charge in [0.1, 0.15) is 5.82 Å². The monoisotopic (exact) mass is 280 g/mol. The normalized spacial score (nSPS) is 24.1. The molecule has 1 aliphatic rings. The van der Waals surface area contributed by atoms with Crippen LogP contribution in [0.15, 0.2) is 24.3 Å². The predicted octanol–water partition coefficient (Wildman–Crippen LogP) is 1.49. The third-order valence-corrected chi connectivity index (χ3v) is 3.82. The molecule has 4 nitrogen and oxygen atoms in total. The van der Waals surface area contributed by atoms with Crippen molar-refractivity contribution in [3.05, 3.63) is 35.6 Å². The SMILES string of the molecule is NC1CCCC(C(=O)NCC(O)c2ccccc2F)C1. The third kappa shape index (κ3) is 3.77. The minimum atomic E-state index is -1.03. The highest BCUT2D eigenvalue weighted by atomic mass is 19.1. The van der Waals surface area contributed by atoms with Gasteiger partial charge in [-0.3, -0.25) is 4.79 Å². The number of hydrogen-bond acceptors (Lipinski definition) is 3. The van der Waals surface area contributed by atoms with Crippen LogP contribution in [-0.4, -0.2) is 23.6 Å². The molecule has 1 aromatic rings. The lowest BCUT2D eigenvalue weighted by molar-refractivity contribution is -0.126. The van der Waals surface area contributed by atoms with E-state index in [1.165, 1.54) is 12.1 Å². The molecule has 4 N–H and O–H groups in total. The van der Waals surface area contributed by atoms with Gasteiger partial charge in [-0.15, -0.1) is 0 Å². The summed E-state index contributed by atoms with van der Waals surface area (Å²) < 4.78 is 13.5. The van der Waals surface area contributed by atoms with Crippen LogP contribution in [0.2, 0.25) is 0 Å². The number of benzene rings is 1. The number of carbonyl (C=O) groups excluding carboxylic acids is 1. The lowest BCUT2D eigenvalue weighted by atomic mass is 9.85. The highest BCUT2D eigenvalue weighted by Gasteiger charge is 2.25. The summed E-state index contributed by atoms with van der Waals surface area (Å²) in [7, 11) is 0. The second kappa shape index (κ2) is 6.81. The number of halogens is 1. The number of aliphatic hydroxyl groups excluding tert-OH is 1. The first-order valence-electron chi connectivity index (χ1n) is 7.03. The molecule has 0 heterocycles. The van der Waals surface area contributed by atoms with Crippen LogP contribution in [-0.2, 0) is 4.79 Å². The van der Waals surface area contributed by atoms with Crippen molar-refractivity contribution in [2.75, 3.05) is 6.54 Å².